The molecule has 3 nitrogen and oxygen atoms in total. The number of aromatic nitrogens is 2. The fraction of sp³-hybridized carbons (Fsp3) is 0.357. The average Bonchev–Trinajstić information content (AvgIpc) is 2.63. The Bertz CT molecular complexity index is 514. The number of H-pyrrole nitrogens is 1. The maximum atomic E-state index is 6.16. The van der Waals surface area contributed by atoms with Gasteiger partial charge in [0.15, 0.2) is 0 Å². The van der Waals surface area contributed by atoms with Gasteiger partial charge in [-0.25, -0.2) is 0 Å². The van der Waals surface area contributed by atoms with Gasteiger partial charge in [0.05, 0.1) is 16.4 Å². The molecule has 1 N–H and O–H groups in total. The number of benzene rings is 1. The lowest BCUT2D eigenvalue weighted by atomic mass is 10.1. The van der Waals surface area contributed by atoms with Gasteiger partial charge in [-0.1, -0.05) is 35.9 Å². The first kappa shape index (κ1) is 13.1. The van der Waals surface area contributed by atoms with Gasteiger partial charge in [0.25, 0.3) is 0 Å². The summed E-state index contributed by atoms with van der Waals surface area (Å²) < 4.78 is 0. The standard InChI is InChI=1S/C14H18ClN3/c1-10-14(15)13(17-16-10)8-11-4-6-12(7-5-11)9-18(2)3/h4-7H,8-9H2,1-3H3,(H,16,17). The third-order valence-electron chi connectivity index (χ3n) is 2.83. The molecule has 0 saturated heterocycles. The summed E-state index contributed by atoms with van der Waals surface area (Å²) in [7, 11) is 4.14. The van der Waals surface area contributed by atoms with Crippen LogP contribution >= 0.6 is 11.6 Å². The number of hydrogen-bond donors (Lipinski definition) is 1. The van der Waals surface area contributed by atoms with Crippen molar-refractivity contribution in [2.75, 3.05) is 14.1 Å². The normalized spacial score (nSPS) is 11.2. The van der Waals surface area contributed by atoms with Gasteiger partial charge >= 0.3 is 0 Å². The van der Waals surface area contributed by atoms with Crippen LogP contribution in [0.4, 0.5) is 0 Å². The molecule has 1 aromatic carbocycles. The van der Waals surface area contributed by atoms with E-state index in [4.69, 9.17) is 11.6 Å². The number of aromatic amines is 1. The van der Waals surface area contributed by atoms with Crippen molar-refractivity contribution < 1.29 is 0 Å². The summed E-state index contributed by atoms with van der Waals surface area (Å²) in [6.45, 7) is 2.89. The van der Waals surface area contributed by atoms with Gasteiger partial charge in [0, 0.05) is 13.0 Å². The van der Waals surface area contributed by atoms with Crippen LogP contribution in [-0.4, -0.2) is 29.2 Å². The number of hydrogen-bond acceptors (Lipinski definition) is 2. The van der Waals surface area contributed by atoms with Crippen LogP contribution in [0.5, 0.6) is 0 Å². The Labute approximate surface area is 113 Å². The predicted octanol–water partition coefficient (Wildman–Crippen LogP) is 3.02. The van der Waals surface area contributed by atoms with E-state index in [1.54, 1.807) is 0 Å². The topological polar surface area (TPSA) is 31.9 Å². The highest BCUT2D eigenvalue weighted by molar-refractivity contribution is 6.31. The molecule has 0 fully saturated rings. The number of aryl methyl sites for hydroxylation is 1. The highest BCUT2D eigenvalue weighted by Crippen LogP contribution is 2.20. The van der Waals surface area contributed by atoms with Gasteiger partial charge in [0.2, 0.25) is 0 Å². The minimum atomic E-state index is 0.743. The Morgan fingerprint density at radius 3 is 2.28 bits per heavy atom. The van der Waals surface area contributed by atoms with Gasteiger partial charge < -0.3 is 4.90 Å². The molecule has 1 aromatic heterocycles. The minimum absolute atomic E-state index is 0.743. The summed E-state index contributed by atoms with van der Waals surface area (Å²) in [6.07, 6.45) is 0.769. The molecule has 0 radical (unpaired) electrons. The van der Waals surface area contributed by atoms with Crippen LogP contribution in [0.1, 0.15) is 22.5 Å². The van der Waals surface area contributed by atoms with Crippen molar-refractivity contribution >= 4 is 11.6 Å². The van der Waals surface area contributed by atoms with E-state index in [9.17, 15) is 0 Å². The second-order valence-corrected chi connectivity index (χ2v) is 5.22. The smallest absolute Gasteiger partial charge is 0.0854 e. The molecule has 0 spiro atoms. The van der Waals surface area contributed by atoms with Crippen molar-refractivity contribution in [2.24, 2.45) is 0 Å². The first-order valence-electron chi connectivity index (χ1n) is 5.98. The van der Waals surface area contributed by atoms with Crippen molar-refractivity contribution in [3.63, 3.8) is 0 Å². The molecular formula is C14H18ClN3. The highest BCUT2D eigenvalue weighted by atomic mass is 35.5. The summed E-state index contributed by atoms with van der Waals surface area (Å²) in [5, 5.41) is 7.87. The number of nitrogens with one attached hydrogen (secondary N) is 1. The fourth-order valence-corrected chi connectivity index (χ4v) is 2.06. The first-order chi connectivity index (χ1) is 8.56. The van der Waals surface area contributed by atoms with Crippen molar-refractivity contribution in [3.05, 3.63) is 51.8 Å². The van der Waals surface area contributed by atoms with E-state index < -0.39 is 0 Å². The predicted molar refractivity (Wildman–Crippen MR) is 75.0 cm³/mol. The molecule has 0 unspecified atom stereocenters. The summed E-state index contributed by atoms with van der Waals surface area (Å²) in [5.41, 5.74) is 4.38. The Balaban J connectivity index is 2.08. The molecule has 18 heavy (non-hydrogen) atoms. The summed E-state index contributed by atoms with van der Waals surface area (Å²) in [5.74, 6) is 0. The van der Waals surface area contributed by atoms with E-state index in [0.717, 1.165) is 29.4 Å². The molecule has 0 saturated carbocycles. The molecule has 2 rings (SSSR count). The zero-order valence-electron chi connectivity index (χ0n) is 11.0. The van der Waals surface area contributed by atoms with Crippen LogP contribution in [0.25, 0.3) is 0 Å². The van der Waals surface area contributed by atoms with Gasteiger partial charge in [-0.15, -0.1) is 0 Å². The Hall–Kier alpha value is -1.32. The molecule has 0 aliphatic carbocycles. The molecular weight excluding hydrogens is 246 g/mol. The third-order valence-corrected chi connectivity index (χ3v) is 3.34. The number of rotatable bonds is 4. The first-order valence-corrected chi connectivity index (χ1v) is 6.36. The summed E-state index contributed by atoms with van der Waals surface area (Å²) in [4.78, 5) is 2.16. The summed E-state index contributed by atoms with van der Waals surface area (Å²) in [6, 6.07) is 8.59. The molecule has 0 atom stereocenters. The summed E-state index contributed by atoms with van der Waals surface area (Å²) >= 11 is 6.16. The third kappa shape index (κ3) is 3.12. The Morgan fingerprint density at radius 1 is 1.17 bits per heavy atom. The molecule has 0 amide bonds. The lowest BCUT2D eigenvalue weighted by molar-refractivity contribution is 0.402. The number of nitrogens with zero attached hydrogens (tertiary/aromatic N) is 2. The lowest BCUT2D eigenvalue weighted by Gasteiger charge is -2.09. The quantitative estimate of drug-likeness (QED) is 0.920. The molecule has 4 heteroatoms. The largest absolute Gasteiger partial charge is 0.305 e. The van der Waals surface area contributed by atoms with Crippen LogP contribution in [0.2, 0.25) is 5.02 Å². The van der Waals surface area contributed by atoms with E-state index in [1.807, 2.05) is 6.92 Å². The van der Waals surface area contributed by atoms with Crippen LogP contribution in [0.3, 0.4) is 0 Å². The van der Waals surface area contributed by atoms with Gasteiger partial charge in [-0.3, -0.25) is 5.10 Å². The molecule has 0 aliphatic heterocycles. The van der Waals surface area contributed by atoms with E-state index in [1.165, 1.54) is 11.1 Å². The van der Waals surface area contributed by atoms with Crippen LogP contribution in [0.15, 0.2) is 24.3 Å². The van der Waals surface area contributed by atoms with E-state index in [0.29, 0.717) is 0 Å². The monoisotopic (exact) mass is 263 g/mol. The molecule has 1 heterocycles. The highest BCUT2D eigenvalue weighted by Gasteiger charge is 2.08. The second kappa shape index (κ2) is 5.55. The lowest BCUT2D eigenvalue weighted by Crippen LogP contribution is -2.10. The van der Waals surface area contributed by atoms with Crippen molar-refractivity contribution in [1.29, 1.82) is 0 Å². The van der Waals surface area contributed by atoms with Crippen LogP contribution in [-0.2, 0) is 13.0 Å². The zero-order valence-corrected chi connectivity index (χ0v) is 11.8. The molecule has 0 bridgehead atoms. The van der Waals surface area contributed by atoms with Gasteiger partial charge in [-0.05, 0) is 32.1 Å². The zero-order chi connectivity index (χ0) is 13.1. The maximum Gasteiger partial charge on any atom is 0.0854 e. The Kier molecular flexibility index (Phi) is 4.04. The van der Waals surface area contributed by atoms with Crippen molar-refractivity contribution in [1.82, 2.24) is 15.1 Å². The Morgan fingerprint density at radius 2 is 1.78 bits per heavy atom. The molecule has 96 valence electrons. The maximum absolute atomic E-state index is 6.16. The van der Waals surface area contributed by atoms with Gasteiger partial charge in [0.1, 0.15) is 0 Å². The van der Waals surface area contributed by atoms with E-state index in [2.05, 4.69) is 53.5 Å². The minimum Gasteiger partial charge on any atom is -0.305 e. The molecule has 2 aromatic rings. The van der Waals surface area contributed by atoms with Crippen LogP contribution < -0.4 is 0 Å². The van der Waals surface area contributed by atoms with Crippen molar-refractivity contribution in [2.45, 2.75) is 19.9 Å². The second-order valence-electron chi connectivity index (χ2n) is 4.84. The fourth-order valence-electron chi connectivity index (χ4n) is 1.90. The van der Waals surface area contributed by atoms with Gasteiger partial charge in [-0.2, -0.15) is 5.10 Å². The molecule has 0 aliphatic rings. The average molecular weight is 264 g/mol. The van der Waals surface area contributed by atoms with Crippen molar-refractivity contribution in [3.8, 4) is 0 Å². The van der Waals surface area contributed by atoms with Crippen LogP contribution in [0, 0.1) is 6.92 Å². The van der Waals surface area contributed by atoms with E-state index in [-0.39, 0.29) is 0 Å². The number of halogens is 1. The SMILES string of the molecule is Cc1[nH]nc(Cc2ccc(CN(C)C)cc2)c1Cl. The van der Waals surface area contributed by atoms with E-state index >= 15 is 0 Å².